The zero-order valence-corrected chi connectivity index (χ0v) is 25.3. The van der Waals surface area contributed by atoms with Crippen LogP contribution in [-0.2, 0) is 16.4 Å². The van der Waals surface area contributed by atoms with Gasteiger partial charge in [0.05, 0.1) is 21.2 Å². The Morgan fingerprint density at radius 1 is 0.933 bits per heavy atom. The summed E-state index contributed by atoms with van der Waals surface area (Å²) in [6.45, 7) is 0.357. The number of nitrogens with zero attached hydrogens (tertiary/aromatic N) is 2. The van der Waals surface area contributed by atoms with Crippen molar-refractivity contribution >= 4 is 56.8 Å². The van der Waals surface area contributed by atoms with E-state index < -0.39 is 26.2 Å². The highest BCUT2D eigenvalue weighted by Crippen LogP contribution is 2.35. The third-order valence-corrected chi connectivity index (χ3v) is 8.86. The van der Waals surface area contributed by atoms with Gasteiger partial charge in [0.15, 0.2) is 0 Å². The van der Waals surface area contributed by atoms with E-state index in [1.165, 1.54) is 24.3 Å². The van der Waals surface area contributed by atoms with Gasteiger partial charge in [0.2, 0.25) is 0 Å². The molecule has 0 aliphatic rings. The number of sulfone groups is 1. The lowest BCUT2D eigenvalue weighted by Crippen LogP contribution is -2.23. The zero-order chi connectivity index (χ0) is 32.5. The molecule has 0 saturated carbocycles. The van der Waals surface area contributed by atoms with Crippen LogP contribution in [0.1, 0.15) is 27.3 Å². The highest BCUT2D eigenvalue weighted by atomic mass is 35.5. The predicted molar refractivity (Wildman–Crippen MR) is 169 cm³/mol. The van der Waals surface area contributed by atoms with Gasteiger partial charge in [0.1, 0.15) is 5.82 Å². The molecular weight excluding hydrogens is 650 g/mol. The number of anilines is 1. The molecule has 1 aromatic heterocycles. The molecule has 1 heterocycles. The lowest BCUT2D eigenvalue weighted by atomic mass is 10.0. The molecule has 0 bridgehead atoms. The Balaban J connectivity index is 1.47. The predicted octanol–water partition coefficient (Wildman–Crippen LogP) is 8.32. The Kier molecular flexibility index (Phi) is 8.79. The molecule has 0 saturated heterocycles. The Morgan fingerprint density at radius 3 is 2.29 bits per heavy atom. The highest BCUT2D eigenvalue weighted by Gasteiger charge is 2.46. The number of nitrogens with two attached hydrogens (primary N) is 1. The average molecular weight is 673 g/mol. The second-order valence-electron chi connectivity index (χ2n) is 9.90. The van der Waals surface area contributed by atoms with Crippen LogP contribution in [0.3, 0.4) is 0 Å². The van der Waals surface area contributed by atoms with Gasteiger partial charge in [-0.25, -0.2) is 18.2 Å². The molecule has 0 aliphatic heterocycles. The van der Waals surface area contributed by atoms with Crippen LogP contribution in [0.15, 0.2) is 96.0 Å². The van der Waals surface area contributed by atoms with Gasteiger partial charge in [-0.2, -0.15) is 13.2 Å². The van der Waals surface area contributed by atoms with Crippen molar-refractivity contribution in [1.82, 2.24) is 9.55 Å². The molecule has 0 fully saturated rings. The van der Waals surface area contributed by atoms with Crippen molar-refractivity contribution in [2.24, 2.45) is 0 Å². The molecule has 13 heteroatoms. The van der Waals surface area contributed by atoms with E-state index in [0.29, 0.717) is 44.8 Å². The minimum atomic E-state index is -5.53. The number of carboxylic acid groups (broad SMARTS) is 1. The summed E-state index contributed by atoms with van der Waals surface area (Å²) < 4.78 is 64.9. The van der Waals surface area contributed by atoms with Gasteiger partial charge in [-0.05, 0) is 71.3 Å². The molecule has 0 radical (unpaired) electrons. The molecule has 0 atom stereocenters. The minimum absolute atomic E-state index is 0.160. The molecular formula is C32H22Cl2F3N3O4S. The molecule has 45 heavy (non-hydrogen) atoms. The molecule has 0 amide bonds. The maximum absolute atomic E-state index is 13.1. The van der Waals surface area contributed by atoms with Gasteiger partial charge in [-0.1, -0.05) is 65.7 Å². The molecule has 7 nitrogen and oxygen atoms in total. The maximum Gasteiger partial charge on any atom is 0.501 e. The number of hydrogen-bond acceptors (Lipinski definition) is 5. The van der Waals surface area contributed by atoms with E-state index >= 15 is 0 Å². The van der Waals surface area contributed by atoms with Crippen LogP contribution in [0.5, 0.6) is 0 Å². The first-order valence-corrected chi connectivity index (χ1v) is 15.3. The number of carbonyl (C=O) groups is 1. The fraction of sp³-hybridized carbons (Fsp3) is 0.0625. The summed E-state index contributed by atoms with van der Waals surface area (Å²) in [6, 6.07) is 20.9. The molecule has 0 spiro atoms. The molecule has 3 N–H and O–H groups in total. The van der Waals surface area contributed by atoms with E-state index in [4.69, 9.17) is 33.9 Å². The number of aromatic nitrogens is 2. The van der Waals surface area contributed by atoms with Crippen LogP contribution >= 0.6 is 23.2 Å². The summed E-state index contributed by atoms with van der Waals surface area (Å²) >= 11 is 12.5. The number of alkyl halides is 3. The smallest absolute Gasteiger partial charge is 0.478 e. The number of imidazole rings is 1. The van der Waals surface area contributed by atoms with Gasteiger partial charge in [0, 0.05) is 34.6 Å². The molecule has 0 unspecified atom stereocenters. The summed E-state index contributed by atoms with van der Waals surface area (Å²) in [5, 5.41) is 10.1. The number of rotatable bonds is 8. The SMILES string of the molecule is Nc1cc(/C=C/c2nc(-c3ccc(Cl)cc3Cl)cn2Cc2ccc(C(=O)O)cc2)ccc1-c1cccc(S(=O)(=O)C(F)(F)F)c1. The molecule has 5 rings (SSSR count). The lowest BCUT2D eigenvalue weighted by molar-refractivity contribution is -0.0436. The average Bonchev–Trinajstić information content (AvgIpc) is 3.37. The van der Waals surface area contributed by atoms with Crippen molar-refractivity contribution in [3.8, 4) is 22.4 Å². The quantitative estimate of drug-likeness (QED) is 0.160. The van der Waals surface area contributed by atoms with Crippen LogP contribution in [0.25, 0.3) is 34.5 Å². The minimum Gasteiger partial charge on any atom is -0.478 e. The van der Waals surface area contributed by atoms with Crippen molar-refractivity contribution in [1.29, 1.82) is 0 Å². The van der Waals surface area contributed by atoms with E-state index in [2.05, 4.69) is 0 Å². The summed E-state index contributed by atoms with van der Waals surface area (Å²) in [5.41, 5.74) is 4.45. The first-order valence-electron chi connectivity index (χ1n) is 13.1. The first kappa shape index (κ1) is 31.8. The van der Waals surface area contributed by atoms with E-state index in [9.17, 15) is 31.5 Å². The van der Waals surface area contributed by atoms with E-state index in [1.807, 2.05) is 4.57 Å². The van der Waals surface area contributed by atoms with Crippen LogP contribution in [0, 0.1) is 0 Å². The van der Waals surface area contributed by atoms with E-state index in [1.54, 1.807) is 66.9 Å². The zero-order valence-electron chi connectivity index (χ0n) is 23.0. The monoisotopic (exact) mass is 671 g/mol. The van der Waals surface area contributed by atoms with Crippen LogP contribution < -0.4 is 5.73 Å². The van der Waals surface area contributed by atoms with Gasteiger partial charge >= 0.3 is 11.5 Å². The molecule has 5 aromatic rings. The van der Waals surface area contributed by atoms with Crippen molar-refractivity contribution in [3.05, 3.63) is 124 Å². The second-order valence-corrected chi connectivity index (χ2v) is 12.7. The van der Waals surface area contributed by atoms with Crippen LogP contribution in [0.2, 0.25) is 10.0 Å². The normalized spacial score (nSPS) is 12.1. The summed E-state index contributed by atoms with van der Waals surface area (Å²) in [5.74, 6) is -0.497. The fourth-order valence-electron chi connectivity index (χ4n) is 4.55. The second kappa shape index (κ2) is 12.4. The Morgan fingerprint density at radius 2 is 1.64 bits per heavy atom. The number of aromatic carboxylic acids is 1. The lowest BCUT2D eigenvalue weighted by Gasteiger charge is -2.11. The van der Waals surface area contributed by atoms with E-state index in [0.717, 1.165) is 17.7 Å². The van der Waals surface area contributed by atoms with Crippen LogP contribution in [-0.4, -0.2) is 34.6 Å². The van der Waals surface area contributed by atoms with Gasteiger partial charge in [-0.15, -0.1) is 0 Å². The molecule has 4 aromatic carbocycles. The molecule has 0 aliphatic carbocycles. The Labute approximate surface area is 265 Å². The van der Waals surface area contributed by atoms with Crippen molar-refractivity contribution < 1.29 is 31.5 Å². The summed E-state index contributed by atoms with van der Waals surface area (Å²) in [6.07, 6.45) is 5.29. The fourth-order valence-corrected chi connectivity index (χ4v) is 5.86. The number of benzene rings is 4. The topological polar surface area (TPSA) is 115 Å². The van der Waals surface area contributed by atoms with Crippen molar-refractivity contribution in [2.45, 2.75) is 16.9 Å². The maximum atomic E-state index is 13.1. The first-order chi connectivity index (χ1) is 21.2. The molecule has 230 valence electrons. The highest BCUT2D eigenvalue weighted by molar-refractivity contribution is 7.92. The van der Waals surface area contributed by atoms with Crippen molar-refractivity contribution in [3.63, 3.8) is 0 Å². The van der Waals surface area contributed by atoms with Gasteiger partial charge in [0.25, 0.3) is 9.84 Å². The van der Waals surface area contributed by atoms with E-state index in [-0.39, 0.29) is 16.8 Å². The summed E-state index contributed by atoms with van der Waals surface area (Å²) in [7, 11) is -5.53. The Bertz CT molecular complexity index is 2060. The van der Waals surface area contributed by atoms with Gasteiger partial charge < -0.3 is 15.4 Å². The number of nitrogen functional groups attached to an aromatic ring is 1. The van der Waals surface area contributed by atoms with Crippen LogP contribution in [0.4, 0.5) is 18.9 Å². The van der Waals surface area contributed by atoms with Crippen molar-refractivity contribution in [2.75, 3.05) is 5.73 Å². The summed E-state index contributed by atoms with van der Waals surface area (Å²) in [4.78, 5) is 15.1. The largest absolute Gasteiger partial charge is 0.501 e. The number of carboxylic acids is 1. The number of hydrogen-bond donors (Lipinski definition) is 2. The standard InChI is InChI=1S/C32H22Cl2F3N3O4S/c33-23-10-12-26(27(34)16-23)29-18-40(17-20-4-8-21(9-5-20)31(41)42)30(39-29)13-7-19-6-11-25(28(38)14-19)22-2-1-3-24(15-22)45(43,44)32(35,36)37/h1-16,18H,17,38H2,(H,41,42)/b13-7+. The number of halogens is 5. The van der Waals surface area contributed by atoms with Gasteiger partial charge in [-0.3, -0.25) is 0 Å². The third-order valence-electron chi connectivity index (χ3n) is 6.83. The third kappa shape index (κ3) is 6.90. The Hall–Kier alpha value is -4.58.